The fraction of sp³-hybridized carbons (Fsp3) is 0.188. The van der Waals surface area contributed by atoms with E-state index in [1.807, 2.05) is 24.1 Å². The van der Waals surface area contributed by atoms with Crippen LogP contribution < -0.4 is 0 Å². The number of hydrogen-bond donors (Lipinski definition) is 0. The normalized spacial score (nSPS) is 10.8. The zero-order valence-corrected chi connectivity index (χ0v) is 11.1. The molecule has 0 bridgehead atoms. The summed E-state index contributed by atoms with van der Waals surface area (Å²) in [5, 5.41) is 0. The van der Waals surface area contributed by atoms with E-state index in [0.29, 0.717) is 24.2 Å². The molecule has 0 N–H and O–H groups in total. The summed E-state index contributed by atoms with van der Waals surface area (Å²) in [7, 11) is 1.83. The molecule has 20 heavy (non-hydrogen) atoms. The molecule has 0 atom stereocenters. The van der Waals surface area contributed by atoms with Crippen LogP contribution in [0, 0.1) is 11.6 Å². The fourth-order valence-electron chi connectivity index (χ4n) is 2.03. The van der Waals surface area contributed by atoms with Gasteiger partial charge in [-0.25, -0.2) is 8.78 Å². The lowest BCUT2D eigenvalue weighted by atomic mass is 10.1. The highest BCUT2D eigenvalue weighted by Crippen LogP contribution is 2.14. The highest BCUT2D eigenvalue weighted by Gasteiger charge is 2.10. The zero-order valence-electron chi connectivity index (χ0n) is 11.1. The van der Waals surface area contributed by atoms with Gasteiger partial charge in [0.05, 0.1) is 0 Å². The van der Waals surface area contributed by atoms with Gasteiger partial charge in [0.15, 0.2) is 11.6 Å². The Morgan fingerprint density at radius 2 is 1.75 bits per heavy atom. The summed E-state index contributed by atoms with van der Waals surface area (Å²) >= 11 is 0. The van der Waals surface area contributed by atoms with Crippen LogP contribution in [-0.2, 0) is 13.1 Å². The summed E-state index contributed by atoms with van der Waals surface area (Å²) < 4.78 is 26.7. The highest BCUT2D eigenvalue weighted by atomic mass is 19.2. The molecule has 0 radical (unpaired) electrons. The van der Waals surface area contributed by atoms with Crippen LogP contribution in [0.5, 0.6) is 0 Å². The largest absolute Gasteiger partial charge is 0.298 e. The van der Waals surface area contributed by atoms with Crippen molar-refractivity contribution >= 4 is 6.29 Å². The summed E-state index contributed by atoms with van der Waals surface area (Å²) in [5.41, 5.74) is 1.96. The molecular formula is C16H15F2NO. The van der Waals surface area contributed by atoms with E-state index >= 15 is 0 Å². The van der Waals surface area contributed by atoms with E-state index in [0.717, 1.165) is 17.9 Å². The first-order chi connectivity index (χ1) is 9.60. The Bertz CT molecular complexity index is 596. The molecule has 0 aromatic heterocycles. The number of halogens is 2. The molecule has 2 rings (SSSR count). The topological polar surface area (TPSA) is 20.3 Å². The highest BCUT2D eigenvalue weighted by molar-refractivity contribution is 5.74. The Kier molecular flexibility index (Phi) is 4.58. The van der Waals surface area contributed by atoms with Gasteiger partial charge in [-0.2, -0.15) is 0 Å². The quantitative estimate of drug-likeness (QED) is 0.779. The summed E-state index contributed by atoms with van der Waals surface area (Å²) in [5.74, 6) is -1.62. The monoisotopic (exact) mass is 275 g/mol. The summed E-state index contributed by atoms with van der Waals surface area (Å²) in [4.78, 5) is 12.4. The van der Waals surface area contributed by atoms with Gasteiger partial charge in [0.2, 0.25) is 0 Å². The maximum atomic E-state index is 13.6. The Balaban J connectivity index is 2.02. The van der Waals surface area contributed by atoms with Crippen LogP contribution in [0.1, 0.15) is 21.5 Å². The first kappa shape index (κ1) is 14.3. The van der Waals surface area contributed by atoms with Crippen molar-refractivity contribution in [1.82, 2.24) is 4.90 Å². The first-order valence-electron chi connectivity index (χ1n) is 6.25. The third kappa shape index (κ3) is 3.48. The Morgan fingerprint density at radius 1 is 1.05 bits per heavy atom. The molecule has 0 aliphatic carbocycles. The van der Waals surface area contributed by atoms with Crippen molar-refractivity contribution in [3.05, 3.63) is 70.8 Å². The summed E-state index contributed by atoms with van der Waals surface area (Å²) in [6, 6.07) is 11.4. The van der Waals surface area contributed by atoms with Crippen molar-refractivity contribution in [2.24, 2.45) is 0 Å². The smallest absolute Gasteiger partial charge is 0.163 e. The predicted octanol–water partition coefficient (Wildman–Crippen LogP) is 3.41. The molecule has 2 nitrogen and oxygen atoms in total. The fourth-order valence-corrected chi connectivity index (χ4v) is 2.03. The molecule has 2 aromatic rings. The van der Waals surface area contributed by atoms with Gasteiger partial charge in [0.1, 0.15) is 6.29 Å². The molecule has 4 heteroatoms. The minimum Gasteiger partial charge on any atom is -0.298 e. The zero-order chi connectivity index (χ0) is 14.5. The molecule has 0 saturated carbocycles. The van der Waals surface area contributed by atoms with Gasteiger partial charge in [-0.05, 0) is 18.7 Å². The third-order valence-corrected chi connectivity index (χ3v) is 3.04. The van der Waals surface area contributed by atoms with E-state index in [9.17, 15) is 13.6 Å². The minimum absolute atomic E-state index is 0.318. The van der Waals surface area contributed by atoms with Gasteiger partial charge in [-0.3, -0.25) is 9.69 Å². The van der Waals surface area contributed by atoms with Gasteiger partial charge in [-0.15, -0.1) is 0 Å². The SMILES string of the molecule is CN(Cc1ccc(C=O)cc1)Cc1cccc(F)c1F. The number of benzene rings is 2. The van der Waals surface area contributed by atoms with Crippen molar-refractivity contribution in [3.8, 4) is 0 Å². The number of nitrogens with zero attached hydrogens (tertiary/aromatic N) is 1. The second-order valence-electron chi connectivity index (χ2n) is 4.74. The average molecular weight is 275 g/mol. The van der Waals surface area contributed by atoms with Crippen molar-refractivity contribution in [2.75, 3.05) is 7.05 Å². The lowest BCUT2D eigenvalue weighted by Crippen LogP contribution is -2.18. The molecule has 0 amide bonds. The molecule has 0 aliphatic heterocycles. The predicted molar refractivity (Wildman–Crippen MR) is 73.4 cm³/mol. The molecule has 0 aliphatic rings. The Hall–Kier alpha value is -2.07. The standard InChI is InChI=1S/C16H15F2NO/c1-19(9-12-5-7-13(11-20)8-6-12)10-14-3-2-4-15(17)16(14)18/h2-8,11H,9-10H2,1H3. The summed E-state index contributed by atoms with van der Waals surface area (Å²) in [6.07, 6.45) is 0.787. The molecule has 0 heterocycles. The Labute approximate surface area is 116 Å². The average Bonchev–Trinajstić information content (AvgIpc) is 2.45. The van der Waals surface area contributed by atoms with Crippen molar-refractivity contribution in [1.29, 1.82) is 0 Å². The molecule has 104 valence electrons. The van der Waals surface area contributed by atoms with Crippen LogP contribution in [-0.4, -0.2) is 18.2 Å². The second kappa shape index (κ2) is 6.39. The van der Waals surface area contributed by atoms with E-state index in [-0.39, 0.29) is 0 Å². The van der Waals surface area contributed by atoms with E-state index in [1.165, 1.54) is 6.07 Å². The maximum Gasteiger partial charge on any atom is 0.163 e. The van der Waals surface area contributed by atoms with Crippen LogP contribution >= 0.6 is 0 Å². The minimum atomic E-state index is -0.828. The number of carbonyl (C=O) groups excluding carboxylic acids is 1. The van der Waals surface area contributed by atoms with Gasteiger partial charge in [0.25, 0.3) is 0 Å². The number of rotatable bonds is 5. The van der Waals surface area contributed by atoms with Gasteiger partial charge < -0.3 is 0 Å². The molecular weight excluding hydrogens is 260 g/mol. The molecule has 0 fully saturated rings. The number of aldehydes is 1. The molecule has 0 unspecified atom stereocenters. The number of carbonyl (C=O) groups is 1. The van der Waals surface area contributed by atoms with Crippen LogP contribution in [0.2, 0.25) is 0 Å². The number of hydrogen-bond acceptors (Lipinski definition) is 2. The van der Waals surface area contributed by atoms with Crippen molar-refractivity contribution in [2.45, 2.75) is 13.1 Å². The first-order valence-corrected chi connectivity index (χ1v) is 6.25. The van der Waals surface area contributed by atoms with E-state index in [2.05, 4.69) is 0 Å². The molecule has 0 spiro atoms. The van der Waals surface area contributed by atoms with Crippen LogP contribution in [0.25, 0.3) is 0 Å². The lowest BCUT2D eigenvalue weighted by molar-refractivity contribution is 0.112. The Morgan fingerprint density at radius 3 is 2.40 bits per heavy atom. The van der Waals surface area contributed by atoms with Gasteiger partial charge in [0, 0.05) is 24.2 Å². The molecule has 0 saturated heterocycles. The lowest BCUT2D eigenvalue weighted by Gasteiger charge is -2.17. The van der Waals surface area contributed by atoms with Crippen LogP contribution in [0.15, 0.2) is 42.5 Å². The van der Waals surface area contributed by atoms with Crippen molar-refractivity contribution in [3.63, 3.8) is 0 Å². The van der Waals surface area contributed by atoms with Gasteiger partial charge >= 0.3 is 0 Å². The molecule has 2 aromatic carbocycles. The van der Waals surface area contributed by atoms with Crippen LogP contribution in [0.4, 0.5) is 8.78 Å². The van der Waals surface area contributed by atoms with E-state index in [1.54, 1.807) is 18.2 Å². The van der Waals surface area contributed by atoms with E-state index < -0.39 is 11.6 Å². The third-order valence-electron chi connectivity index (χ3n) is 3.04. The van der Waals surface area contributed by atoms with Crippen molar-refractivity contribution < 1.29 is 13.6 Å². The maximum absolute atomic E-state index is 13.6. The van der Waals surface area contributed by atoms with Gasteiger partial charge in [-0.1, -0.05) is 36.4 Å². The van der Waals surface area contributed by atoms with E-state index in [4.69, 9.17) is 0 Å². The van der Waals surface area contributed by atoms with Crippen LogP contribution in [0.3, 0.4) is 0 Å². The second-order valence-corrected chi connectivity index (χ2v) is 4.74. The summed E-state index contributed by atoms with van der Waals surface area (Å²) in [6.45, 7) is 0.911.